The van der Waals surface area contributed by atoms with Crippen molar-refractivity contribution in [2.45, 2.75) is 51.4 Å². The van der Waals surface area contributed by atoms with Crippen LogP contribution in [0.5, 0.6) is 0 Å². The first-order chi connectivity index (χ1) is 18.4. The van der Waals surface area contributed by atoms with Crippen LogP contribution in [-0.2, 0) is 19.2 Å². The number of carboxylic acids is 2. The molecule has 2 rings (SSSR count). The van der Waals surface area contributed by atoms with Gasteiger partial charge in [0.2, 0.25) is 0 Å². The van der Waals surface area contributed by atoms with Crippen molar-refractivity contribution in [1.29, 1.82) is 0 Å². The standard InChI is InChI=1S/C14H24N2O6.C14H8N2/c17-11(18)7-3-1-5-9-15-13(21)14(22)16-10-6-2-4-8-12(19)20;1(3-13-5-9-15-10-6-13)2-4-14-7-11-16-12-8-14/h1-10H2,(H,15,21)(H,16,22)(H,17,18)(H,19,20);5-12H. The maximum absolute atomic E-state index is 11.4. The van der Waals surface area contributed by atoms with E-state index in [9.17, 15) is 19.2 Å². The fourth-order valence-electron chi connectivity index (χ4n) is 2.80. The van der Waals surface area contributed by atoms with Crippen molar-refractivity contribution in [3.63, 3.8) is 0 Å². The average Bonchev–Trinajstić information content (AvgIpc) is 2.91. The Kier molecular flexibility index (Phi) is 16.9. The van der Waals surface area contributed by atoms with E-state index in [1.807, 2.05) is 24.3 Å². The van der Waals surface area contributed by atoms with Crippen LogP contribution in [0.1, 0.15) is 62.5 Å². The van der Waals surface area contributed by atoms with Crippen LogP contribution < -0.4 is 10.6 Å². The summed E-state index contributed by atoms with van der Waals surface area (Å²) < 4.78 is 0. The van der Waals surface area contributed by atoms with Crippen LogP contribution >= 0.6 is 0 Å². The molecular formula is C28H32N4O6. The molecule has 0 aliphatic carbocycles. The van der Waals surface area contributed by atoms with E-state index in [4.69, 9.17) is 10.2 Å². The Bertz CT molecular complexity index is 1040. The highest BCUT2D eigenvalue weighted by atomic mass is 16.4. The molecule has 0 unspecified atom stereocenters. The van der Waals surface area contributed by atoms with E-state index >= 15 is 0 Å². The number of pyridine rings is 2. The molecule has 0 aliphatic heterocycles. The van der Waals surface area contributed by atoms with Gasteiger partial charge in [-0.25, -0.2) is 0 Å². The van der Waals surface area contributed by atoms with Gasteiger partial charge in [-0.15, -0.1) is 0 Å². The summed E-state index contributed by atoms with van der Waals surface area (Å²) in [5.41, 5.74) is 1.83. The number of unbranched alkanes of at least 4 members (excludes halogenated alkanes) is 4. The van der Waals surface area contributed by atoms with Gasteiger partial charge in [-0.1, -0.05) is 24.7 Å². The number of carboxylic acid groups (broad SMARTS) is 2. The van der Waals surface area contributed by atoms with Crippen LogP contribution in [0, 0.1) is 23.7 Å². The molecule has 10 nitrogen and oxygen atoms in total. The Morgan fingerprint density at radius 2 is 0.974 bits per heavy atom. The number of nitrogens with zero attached hydrogens (tertiary/aromatic N) is 2. The maximum atomic E-state index is 11.4. The number of amides is 2. The highest BCUT2D eigenvalue weighted by molar-refractivity contribution is 6.35. The summed E-state index contributed by atoms with van der Waals surface area (Å²) >= 11 is 0. The molecule has 4 N–H and O–H groups in total. The van der Waals surface area contributed by atoms with Gasteiger partial charge < -0.3 is 20.8 Å². The summed E-state index contributed by atoms with van der Waals surface area (Å²) in [5, 5.41) is 21.8. The van der Waals surface area contributed by atoms with Gasteiger partial charge in [0, 0.05) is 61.8 Å². The van der Waals surface area contributed by atoms with E-state index in [0.717, 1.165) is 11.1 Å². The maximum Gasteiger partial charge on any atom is 0.309 e. The topological polar surface area (TPSA) is 159 Å². The molecule has 0 fully saturated rings. The zero-order valence-electron chi connectivity index (χ0n) is 21.1. The molecule has 2 amide bonds. The van der Waals surface area contributed by atoms with Crippen LogP contribution in [0.2, 0.25) is 0 Å². The highest BCUT2D eigenvalue weighted by Crippen LogP contribution is 1.99. The molecule has 0 radical (unpaired) electrons. The Morgan fingerprint density at radius 3 is 1.32 bits per heavy atom. The Hall–Kier alpha value is -4.70. The van der Waals surface area contributed by atoms with Crippen LogP contribution in [0.25, 0.3) is 0 Å². The number of aromatic nitrogens is 2. The number of rotatable bonds is 12. The number of nitrogens with one attached hydrogen (secondary N) is 2. The van der Waals surface area contributed by atoms with E-state index in [2.05, 4.69) is 44.3 Å². The predicted octanol–water partition coefficient (Wildman–Crippen LogP) is 2.39. The number of hydrogen-bond donors (Lipinski definition) is 4. The minimum atomic E-state index is -0.841. The van der Waals surface area contributed by atoms with E-state index in [0.29, 0.717) is 51.6 Å². The number of hydrogen-bond acceptors (Lipinski definition) is 6. The summed E-state index contributed by atoms with van der Waals surface area (Å²) in [4.78, 5) is 51.2. The van der Waals surface area contributed by atoms with Gasteiger partial charge in [0.1, 0.15) is 0 Å². The monoisotopic (exact) mass is 520 g/mol. The van der Waals surface area contributed by atoms with Crippen molar-refractivity contribution in [2.75, 3.05) is 13.1 Å². The Labute approximate surface area is 222 Å². The molecule has 0 spiro atoms. The van der Waals surface area contributed by atoms with E-state index in [1.54, 1.807) is 24.8 Å². The first-order valence-corrected chi connectivity index (χ1v) is 12.2. The fraction of sp³-hybridized carbons (Fsp3) is 0.357. The molecular weight excluding hydrogens is 488 g/mol. The molecule has 0 saturated carbocycles. The van der Waals surface area contributed by atoms with Gasteiger partial charge in [0.15, 0.2) is 0 Å². The van der Waals surface area contributed by atoms with Gasteiger partial charge >= 0.3 is 23.8 Å². The molecule has 200 valence electrons. The zero-order valence-corrected chi connectivity index (χ0v) is 21.1. The summed E-state index contributed by atoms with van der Waals surface area (Å²) in [5.74, 6) is 8.36. The average molecular weight is 521 g/mol. The van der Waals surface area contributed by atoms with Crippen molar-refractivity contribution >= 4 is 23.8 Å². The minimum absolute atomic E-state index is 0.107. The zero-order chi connectivity index (χ0) is 27.8. The molecule has 0 atom stereocenters. The SMILES string of the molecule is C(C#Cc1ccncc1)#Cc1ccncc1.O=C(O)CCCCCNC(=O)C(=O)NCCCCCC(=O)O. The lowest BCUT2D eigenvalue weighted by Gasteiger charge is -2.06. The van der Waals surface area contributed by atoms with Gasteiger partial charge in [0.05, 0.1) is 0 Å². The summed E-state index contributed by atoms with van der Waals surface area (Å²) in [6.45, 7) is 0.676. The highest BCUT2D eigenvalue weighted by Gasteiger charge is 2.11. The Balaban J connectivity index is 0.000000396. The van der Waals surface area contributed by atoms with Gasteiger partial charge in [0.25, 0.3) is 0 Å². The quantitative estimate of drug-likeness (QED) is 0.189. The van der Waals surface area contributed by atoms with Crippen LogP contribution in [0.3, 0.4) is 0 Å². The predicted molar refractivity (Wildman–Crippen MR) is 140 cm³/mol. The third kappa shape index (κ3) is 17.7. The first kappa shape index (κ1) is 31.3. The lowest BCUT2D eigenvalue weighted by atomic mass is 10.2. The Morgan fingerprint density at radius 1 is 0.605 bits per heavy atom. The van der Waals surface area contributed by atoms with Gasteiger partial charge in [-0.2, -0.15) is 0 Å². The van der Waals surface area contributed by atoms with Crippen molar-refractivity contribution in [3.8, 4) is 23.7 Å². The summed E-state index contributed by atoms with van der Waals surface area (Å²) in [7, 11) is 0. The van der Waals surface area contributed by atoms with Gasteiger partial charge in [-0.3, -0.25) is 29.1 Å². The molecule has 10 heteroatoms. The second-order valence-electron chi connectivity index (χ2n) is 7.89. The number of carbonyl (C=O) groups is 4. The first-order valence-electron chi connectivity index (χ1n) is 12.2. The van der Waals surface area contributed by atoms with E-state index in [-0.39, 0.29) is 12.8 Å². The number of aliphatic carboxylic acids is 2. The molecule has 0 aromatic carbocycles. The molecule has 2 heterocycles. The summed E-state index contributed by atoms with van der Waals surface area (Å²) in [6, 6.07) is 7.39. The van der Waals surface area contributed by atoms with Crippen LogP contribution in [-0.4, -0.2) is 57.0 Å². The largest absolute Gasteiger partial charge is 0.481 e. The fourth-order valence-corrected chi connectivity index (χ4v) is 2.80. The van der Waals surface area contributed by atoms with Crippen LogP contribution in [0.15, 0.2) is 49.1 Å². The third-order valence-corrected chi connectivity index (χ3v) is 4.75. The second-order valence-corrected chi connectivity index (χ2v) is 7.89. The lowest BCUT2D eigenvalue weighted by molar-refractivity contribution is -0.139. The lowest BCUT2D eigenvalue weighted by Crippen LogP contribution is -2.40. The number of carbonyl (C=O) groups excluding carboxylic acids is 2. The van der Waals surface area contributed by atoms with Crippen molar-refractivity contribution in [1.82, 2.24) is 20.6 Å². The van der Waals surface area contributed by atoms with E-state index in [1.165, 1.54) is 0 Å². The van der Waals surface area contributed by atoms with Crippen molar-refractivity contribution in [3.05, 3.63) is 60.2 Å². The minimum Gasteiger partial charge on any atom is -0.481 e. The molecule has 2 aromatic rings. The third-order valence-electron chi connectivity index (χ3n) is 4.75. The normalized spacial score (nSPS) is 9.26. The van der Waals surface area contributed by atoms with Crippen LogP contribution in [0.4, 0.5) is 0 Å². The van der Waals surface area contributed by atoms with Crippen molar-refractivity contribution < 1.29 is 29.4 Å². The molecule has 38 heavy (non-hydrogen) atoms. The summed E-state index contributed by atoms with van der Waals surface area (Å²) in [6.07, 6.45) is 10.8. The molecule has 0 saturated heterocycles. The molecule has 0 aliphatic rings. The second kappa shape index (κ2) is 20.5. The molecule has 2 aromatic heterocycles. The molecule has 0 bridgehead atoms. The van der Waals surface area contributed by atoms with Crippen molar-refractivity contribution in [2.24, 2.45) is 0 Å². The van der Waals surface area contributed by atoms with Gasteiger partial charge in [-0.05, 0) is 61.8 Å². The smallest absolute Gasteiger partial charge is 0.309 e. The van der Waals surface area contributed by atoms with E-state index < -0.39 is 23.8 Å².